The zero-order chi connectivity index (χ0) is 19.5. The number of rotatable bonds is 11. The Hall–Kier alpha value is -2.27. The normalized spacial score (nSPS) is 12.0. The van der Waals surface area contributed by atoms with Gasteiger partial charge in [-0.3, -0.25) is 4.79 Å². The van der Waals surface area contributed by atoms with Crippen LogP contribution in [0.25, 0.3) is 11.4 Å². The van der Waals surface area contributed by atoms with E-state index < -0.39 is 0 Å². The van der Waals surface area contributed by atoms with Crippen molar-refractivity contribution in [3.63, 3.8) is 0 Å². The molecule has 0 saturated carbocycles. The van der Waals surface area contributed by atoms with Crippen LogP contribution < -0.4 is 4.74 Å². The molecule has 0 spiro atoms. The molecule has 1 atom stereocenters. The first-order valence-electron chi connectivity index (χ1n) is 9.84. The molecular formula is C22H30N2O3. The van der Waals surface area contributed by atoms with Gasteiger partial charge in [-0.05, 0) is 56.0 Å². The van der Waals surface area contributed by atoms with E-state index in [1.165, 1.54) is 19.3 Å². The number of hydrogen-bond acceptors (Lipinski definition) is 5. The molecule has 0 saturated heterocycles. The number of aromatic nitrogens is 2. The quantitative estimate of drug-likeness (QED) is 0.322. The number of aryl methyl sites for hydroxylation is 1. The van der Waals surface area contributed by atoms with E-state index in [0.29, 0.717) is 24.8 Å². The number of benzene rings is 1. The second kappa shape index (κ2) is 11.4. The van der Waals surface area contributed by atoms with Crippen molar-refractivity contribution in [2.45, 2.75) is 52.9 Å². The smallest absolute Gasteiger partial charge is 0.316 e. The Morgan fingerprint density at radius 2 is 1.74 bits per heavy atom. The lowest BCUT2D eigenvalue weighted by Gasteiger charge is -2.11. The molecule has 5 heteroatoms. The summed E-state index contributed by atoms with van der Waals surface area (Å²) in [6.45, 7) is 7.07. The number of ether oxygens (including phenoxy) is 2. The first kappa shape index (κ1) is 21.0. The van der Waals surface area contributed by atoms with Gasteiger partial charge in [0, 0.05) is 24.6 Å². The van der Waals surface area contributed by atoms with Gasteiger partial charge < -0.3 is 9.47 Å². The SMILES string of the molecule is CCCCCc1cnc(-c2ccc(OC(=O)C(C)COCCC)cc2)nc1. The number of esters is 1. The molecule has 1 aromatic heterocycles. The van der Waals surface area contributed by atoms with Gasteiger partial charge in [-0.25, -0.2) is 9.97 Å². The summed E-state index contributed by atoms with van der Waals surface area (Å²) < 4.78 is 10.8. The van der Waals surface area contributed by atoms with Gasteiger partial charge in [0.1, 0.15) is 5.75 Å². The minimum absolute atomic E-state index is 0.286. The second-order valence-corrected chi connectivity index (χ2v) is 6.79. The Kier molecular flexibility index (Phi) is 8.92. The standard InChI is InChI=1S/C22H30N2O3/c1-4-6-7-8-18-14-23-21(24-15-18)19-9-11-20(12-10-19)27-22(25)17(3)16-26-13-5-2/h9-12,14-15,17H,4-8,13,16H2,1-3H3. The van der Waals surface area contributed by atoms with Gasteiger partial charge in [0.2, 0.25) is 0 Å². The number of nitrogens with zero attached hydrogens (tertiary/aromatic N) is 2. The number of carbonyl (C=O) groups excluding carboxylic acids is 1. The molecule has 1 aromatic carbocycles. The summed E-state index contributed by atoms with van der Waals surface area (Å²) in [5.41, 5.74) is 2.06. The fourth-order valence-corrected chi connectivity index (χ4v) is 2.57. The highest BCUT2D eigenvalue weighted by Gasteiger charge is 2.15. The summed E-state index contributed by atoms with van der Waals surface area (Å²) in [6.07, 6.45) is 9.34. The molecule has 0 aliphatic carbocycles. The highest BCUT2D eigenvalue weighted by atomic mass is 16.5. The van der Waals surface area contributed by atoms with E-state index in [1.54, 1.807) is 12.1 Å². The molecule has 0 fully saturated rings. The lowest BCUT2D eigenvalue weighted by atomic mass is 10.1. The average molecular weight is 370 g/mol. The van der Waals surface area contributed by atoms with Crippen molar-refractivity contribution in [3.05, 3.63) is 42.2 Å². The van der Waals surface area contributed by atoms with Crippen LogP contribution in [0.3, 0.4) is 0 Å². The average Bonchev–Trinajstić information content (AvgIpc) is 2.69. The van der Waals surface area contributed by atoms with Crippen molar-refractivity contribution < 1.29 is 14.3 Å². The zero-order valence-electron chi connectivity index (χ0n) is 16.6. The second-order valence-electron chi connectivity index (χ2n) is 6.79. The maximum absolute atomic E-state index is 12.1. The van der Waals surface area contributed by atoms with E-state index in [2.05, 4.69) is 16.9 Å². The highest BCUT2D eigenvalue weighted by Crippen LogP contribution is 2.20. The maximum atomic E-state index is 12.1. The molecule has 1 heterocycles. The van der Waals surface area contributed by atoms with Crippen molar-refractivity contribution in [1.82, 2.24) is 9.97 Å². The van der Waals surface area contributed by atoms with E-state index >= 15 is 0 Å². The summed E-state index contributed by atoms with van der Waals surface area (Å²) in [4.78, 5) is 21.0. The van der Waals surface area contributed by atoms with E-state index in [4.69, 9.17) is 9.47 Å². The maximum Gasteiger partial charge on any atom is 0.316 e. The van der Waals surface area contributed by atoms with Crippen LogP contribution in [0.5, 0.6) is 5.75 Å². The minimum Gasteiger partial charge on any atom is -0.426 e. The third-order valence-corrected chi connectivity index (χ3v) is 4.22. The first-order valence-corrected chi connectivity index (χ1v) is 9.84. The summed E-state index contributed by atoms with van der Waals surface area (Å²) in [5.74, 6) is 0.613. The third kappa shape index (κ3) is 7.10. The molecule has 146 valence electrons. The predicted molar refractivity (Wildman–Crippen MR) is 107 cm³/mol. The third-order valence-electron chi connectivity index (χ3n) is 4.22. The van der Waals surface area contributed by atoms with Crippen LogP contribution in [0.15, 0.2) is 36.7 Å². The van der Waals surface area contributed by atoms with Crippen molar-refractivity contribution in [1.29, 1.82) is 0 Å². The summed E-state index contributed by atoms with van der Waals surface area (Å²) >= 11 is 0. The molecule has 0 N–H and O–H groups in total. The molecule has 2 aromatic rings. The van der Waals surface area contributed by atoms with Crippen LogP contribution in [-0.4, -0.2) is 29.2 Å². The van der Waals surface area contributed by atoms with Crippen LogP contribution in [0, 0.1) is 5.92 Å². The lowest BCUT2D eigenvalue weighted by Crippen LogP contribution is -2.22. The van der Waals surface area contributed by atoms with Crippen LogP contribution >= 0.6 is 0 Å². The molecule has 1 unspecified atom stereocenters. The fraction of sp³-hybridized carbons (Fsp3) is 0.500. The number of carbonyl (C=O) groups is 1. The largest absolute Gasteiger partial charge is 0.426 e. The molecular weight excluding hydrogens is 340 g/mol. The summed E-state index contributed by atoms with van der Waals surface area (Å²) in [5, 5.41) is 0. The van der Waals surface area contributed by atoms with Gasteiger partial charge >= 0.3 is 5.97 Å². The number of unbranched alkanes of at least 4 members (excludes halogenated alkanes) is 2. The summed E-state index contributed by atoms with van der Waals surface area (Å²) in [6, 6.07) is 7.27. The lowest BCUT2D eigenvalue weighted by molar-refractivity contribution is -0.140. The van der Waals surface area contributed by atoms with Gasteiger partial charge in [-0.15, -0.1) is 0 Å². The van der Waals surface area contributed by atoms with E-state index in [1.807, 2.05) is 38.4 Å². The van der Waals surface area contributed by atoms with Crippen molar-refractivity contribution in [2.75, 3.05) is 13.2 Å². The molecule has 0 aliphatic rings. The highest BCUT2D eigenvalue weighted by molar-refractivity contribution is 5.75. The molecule has 27 heavy (non-hydrogen) atoms. The Balaban J connectivity index is 1.89. The fourth-order valence-electron chi connectivity index (χ4n) is 2.57. The molecule has 0 amide bonds. The van der Waals surface area contributed by atoms with Crippen LogP contribution in [-0.2, 0) is 16.0 Å². The van der Waals surface area contributed by atoms with Crippen molar-refractivity contribution >= 4 is 5.97 Å². The monoisotopic (exact) mass is 370 g/mol. The van der Waals surface area contributed by atoms with E-state index in [9.17, 15) is 4.79 Å². The Bertz CT molecular complexity index is 684. The first-order chi connectivity index (χ1) is 13.1. The zero-order valence-corrected chi connectivity index (χ0v) is 16.6. The van der Waals surface area contributed by atoms with E-state index in [-0.39, 0.29) is 11.9 Å². The molecule has 2 rings (SSSR count). The van der Waals surface area contributed by atoms with Crippen LogP contribution in [0.2, 0.25) is 0 Å². The van der Waals surface area contributed by atoms with Crippen LogP contribution in [0.1, 0.15) is 52.0 Å². The van der Waals surface area contributed by atoms with Gasteiger partial charge in [0.25, 0.3) is 0 Å². The van der Waals surface area contributed by atoms with E-state index in [0.717, 1.165) is 24.0 Å². The van der Waals surface area contributed by atoms with Gasteiger partial charge in [0.05, 0.1) is 12.5 Å². The number of hydrogen-bond donors (Lipinski definition) is 0. The molecule has 0 aliphatic heterocycles. The molecule has 0 bridgehead atoms. The van der Waals surface area contributed by atoms with Gasteiger partial charge in [-0.1, -0.05) is 26.7 Å². The summed E-state index contributed by atoms with van der Waals surface area (Å²) in [7, 11) is 0. The minimum atomic E-state index is -0.292. The Morgan fingerprint density at radius 3 is 2.37 bits per heavy atom. The van der Waals surface area contributed by atoms with Gasteiger partial charge in [-0.2, -0.15) is 0 Å². The van der Waals surface area contributed by atoms with Crippen molar-refractivity contribution in [2.24, 2.45) is 5.92 Å². The molecule has 0 radical (unpaired) electrons. The van der Waals surface area contributed by atoms with Crippen LogP contribution in [0.4, 0.5) is 0 Å². The Labute approximate surface area is 162 Å². The topological polar surface area (TPSA) is 61.3 Å². The predicted octanol–water partition coefficient (Wildman–Crippen LogP) is 4.84. The van der Waals surface area contributed by atoms with Crippen molar-refractivity contribution in [3.8, 4) is 17.1 Å². The molecule has 5 nitrogen and oxygen atoms in total. The Morgan fingerprint density at radius 1 is 1.04 bits per heavy atom. The van der Waals surface area contributed by atoms with Gasteiger partial charge in [0.15, 0.2) is 5.82 Å².